The molecule has 0 aromatic rings. The summed E-state index contributed by atoms with van der Waals surface area (Å²) in [6.07, 6.45) is 6.96. The number of hydrogen-bond donors (Lipinski definition) is 1. The van der Waals surface area contributed by atoms with Crippen LogP contribution in [0.5, 0.6) is 0 Å². The van der Waals surface area contributed by atoms with E-state index in [-0.39, 0.29) is 21.7 Å². The molecule has 0 atom stereocenters. The van der Waals surface area contributed by atoms with Gasteiger partial charge >= 0.3 is 0 Å². The Bertz CT molecular complexity index is 50.5. The molecule has 0 aliphatic heterocycles. The number of rotatable bonds is 0. The van der Waals surface area contributed by atoms with E-state index in [0.717, 1.165) is 5.25 Å². The third kappa shape index (κ3) is 3.16. The molecule has 0 nitrogen and oxygen atoms in total. The second-order valence-corrected chi connectivity index (χ2v) is 3.02. The summed E-state index contributed by atoms with van der Waals surface area (Å²) in [4.78, 5) is 0. The minimum Gasteiger partial charge on any atom is -0.176 e. The van der Waals surface area contributed by atoms with Crippen LogP contribution in [0.2, 0.25) is 0 Å². The maximum Gasteiger partial charge on any atom is 0.00168 e. The monoisotopic (exact) mass is 164 g/mol. The van der Waals surface area contributed by atoms with E-state index in [1.165, 1.54) is 32.1 Å². The Morgan fingerprint density at radius 3 is 1.75 bits per heavy atom. The molecule has 0 saturated heterocycles. The maximum absolute atomic E-state index is 4.36. The molecule has 8 heavy (non-hydrogen) atoms. The molecule has 0 amide bonds. The number of hydrogen-bond acceptors (Lipinski definition) is 1. The molecule has 0 aromatic carbocycles. The van der Waals surface area contributed by atoms with Crippen molar-refractivity contribution in [2.75, 3.05) is 0 Å². The van der Waals surface area contributed by atoms with Gasteiger partial charge in [-0.05, 0) is 12.8 Å². The maximum atomic E-state index is 4.36. The molecule has 0 N–H and O–H groups in total. The summed E-state index contributed by atoms with van der Waals surface area (Å²) in [5, 5.41) is 0.730. The summed E-state index contributed by atoms with van der Waals surface area (Å²) < 4.78 is 0. The summed E-state index contributed by atoms with van der Waals surface area (Å²) >= 11 is 4.36. The predicted octanol–water partition coefficient (Wildman–Crippen LogP) is 2.25. The van der Waals surface area contributed by atoms with Crippen molar-refractivity contribution >= 4 is 12.6 Å². The molecule has 0 aromatic heterocycles. The Hall–Kier alpha value is 1.06. The molecule has 0 radical (unpaired) electrons. The fourth-order valence-electron chi connectivity index (χ4n) is 1.08. The normalized spacial score (nSPS) is 22.1. The van der Waals surface area contributed by atoms with Crippen LogP contribution in [0.3, 0.4) is 0 Å². The van der Waals surface area contributed by atoms with Gasteiger partial charge in [0.25, 0.3) is 0 Å². The van der Waals surface area contributed by atoms with Gasteiger partial charge in [0.15, 0.2) is 0 Å². The predicted molar refractivity (Wildman–Crippen MR) is 35.9 cm³/mol. The zero-order valence-electron chi connectivity index (χ0n) is 5.06. The van der Waals surface area contributed by atoms with Crippen molar-refractivity contribution in [3.63, 3.8) is 0 Å². The standard InChI is InChI=1S/C6H12S.Ti/c7-6-4-2-1-3-5-6;/h6-7H,1-5H2;. The molecule has 0 bridgehead atoms. The SMILES string of the molecule is SC1CCCCC1.[Ti]. The first-order valence-electron chi connectivity index (χ1n) is 3.07. The minimum absolute atomic E-state index is 0. The van der Waals surface area contributed by atoms with Gasteiger partial charge in [-0.2, -0.15) is 12.6 Å². The van der Waals surface area contributed by atoms with Gasteiger partial charge in [-0.3, -0.25) is 0 Å². The molecule has 1 aliphatic carbocycles. The third-order valence-corrected chi connectivity index (χ3v) is 2.09. The van der Waals surface area contributed by atoms with Crippen LogP contribution in [0.25, 0.3) is 0 Å². The molecular weight excluding hydrogens is 152 g/mol. The minimum atomic E-state index is 0. The van der Waals surface area contributed by atoms with E-state index in [1.54, 1.807) is 0 Å². The first kappa shape index (κ1) is 9.06. The zero-order valence-corrected chi connectivity index (χ0v) is 7.52. The van der Waals surface area contributed by atoms with Crippen LogP contribution in [-0.4, -0.2) is 5.25 Å². The van der Waals surface area contributed by atoms with Gasteiger partial charge in [-0.25, -0.2) is 0 Å². The molecule has 1 saturated carbocycles. The van der Waals surface area contributed by atoms with E-state index in [2.05, 4.69) is 12.6 Å². The average Bonchev–Trinajstić information content (AvgIpc) is 1.69. The third-order valence-electron chi connectivity index (χ3n) is 1.57. The quantitative estimate of drug-likeness (QED) is 0.412. The van der Waals surface area contributed by atoms with Gasteiger partial charge in [0.05, 0.1) is 0 Å². The zero-order chi connectivity index (χ0) is 5.11. The van der Waals surface area contributed by atoms with E-state index in [0.29, 0.717) is 0 Å². The van der Waals surface area contributed by atoms with Crippen molar-refractivity contribution in [2.24, 2.45) is 0 Å². The van der Waals surface area contributed by atoms with E-state index in [4.69, 9.17) is 0 Å². The Labute approximate surface area is 71.7 Å². The van der Waals surface area contributed by atoms with E-state index in [1.807, 2.05) is 0 Å². The molecule has 0 unspecified atom stereocenters. The van der Waals surface area contributed by atoms with Crippen LogP contribution in [0, 0.1) is 0 Å². The Kier molecular flexibility index (Phi) is 5.55. The Morgan fingerprint density at radius 1 is 1.00 bits per heavy atom. The average molecular weight is 164 g/mol. The topological polar surface area (TPSA) is 0 Å². The van der Waals surface area contributed by atoms with Crippen molar-refractivity contribution in [1.82, 2.24) is 0 Å². The second kappa shape index (κ2) is 4.90. The molecule has 0 heterocycles. The van der Waals surface area contributed by atoms with Crippen LogP contribution < -0.4 is 0 Å². The van der Waals surface area contributed by atoms with Gasteiger partial charge in [0.1, 0.15) is 0 Å². The van der Waals surface area contributed by atoms with Gasteiger partial charge in [0.2, 0.25) is 0 Å². The molecule has 0 spiro atoms. The van der Waals surface area contributed by atoms with Crippen LogP contribution in [-0.2, 0) is 21.7 Å². The van der Waals surface area contributed by atoms with Crippen LogP contribution in [0.4, 0.5) is 0 Å². The molecule has 1 fully saturated rings. The smallest absolute Gasteiger partial charge is 0.00168 e. The van der Waals surface area contributed by atoms with E-state index in [9.17, 15) is 0 Å². The van der Waals surface area contributed by atoms with Crippen molar-refractivity contribution in [1.29, 1.82) is 0 Å². The summed E-state index contributed by atoms with van der Waals surface area (Å²) in [7, 11) is 0. The molecule has 1 aliphatic rings. The van der Waals surface area contributed by atoms with Gasteiger partial charge in [0, 0.05) is 27.0 Å². The van der Waals surface area contributed by atoms with Gasteiger partial charge in [-0.15, -0.1) is 0 Å². The fourth-order valence-corrected chi connectivity index (χ4v) is 1.45. The molecule has 2 heteroatoms. The van der Waals surface area contributed by atoms with Crippen molar-refractivity contribution in [3.8, 4) is 0 Å². The second-order valence-electron chi connectivity index (χ2n) is 2.29. The summed E-state index contributed by atoms with van der Waals surface area (Å²) in [6.45, 7) is 0. The van der Waals surface area contributed by atoms with Crippen LogP contribution >= 0.6 is 12.6 Å². The van der Waals surface area contributed by atoms with E-state index >= 15 is 0 Å². The number of thiol groups is 1. The summed E-state index contributed by atoms with van der Waals surface area (Å²) in [6, 6.07) is 0. The van der Waals surface area contributed by atoms with Crippen molar-refractivity contribution < 1.29 is 21.7 Å². The Balaban J connectivity index is 0.000000490. The van der Waals surface area contributed by atoms with Crippen LogP contribution in [0.1, 0.15) is 32.1 Å². The van der Waals surface area contributed by atoms with Crippen molar-refractivity contribution in [3.05, 3.63) is 0 Å². The Morgan fingerprint density at radius 2 is 1.50 bits per heavy atom. The van der Waals surface area contributed by atoms with Crippen molar-refractivity contribution in [2.45, 2.75) is 37.4 Å². The first-order chi connectivity index (χ1) is 3.39. The first-order valence-corrected chi connectivity index (χ1v) is 3.59. The molecule has 46 valence electrons. The molecular formula is C6H12STi. The largest absolute Gasteiger partial charge is 0.176 e. The summed E-state index contributed by atoms with van der Waals surface area (Å²) in [5.74, 6) is 0. The summed E-state index contributed by atoms with van der Waals surface area (Å²) in [5.41, 5.74) is 0. The van der Waals surface area contributed by atoms with E-state index < -0.39 is 0 Å². The van der Waals surface area contributed by atoms with Gasteiger partial charge < -0.3 is 0 Å². The van der Waals surface area contributed by atoms with Gasteiger partial charge in [-0.1, -0.05) is 19.3 Å². The van der Waals surface area contributed by atoms with Crippen LogP contribution in [0.15, 0.2) is 0 Å². The fraction of sp³-hybridized carbons (Fsp3) is 1.00. The molecule has 1 rings (SSSR count).